The van der Waals surface area contributed by atoms with E-state index in [1.54, 1.807) is 7.11 Å². The van der Waals surface area contributed by atoms with Crippen molar-refractivity contribution < 1.29 is 14.3 Å². The highest BCUT2D eigenvalue weighted by Gasteiger charge is 2.18. The number of nitrogens with one attached hydrogen (secondary N) is 1. The summed E-state index contributed by atoms with van der Waals surface area (Å²) >= 11 is 3.41. The molecule has 104 valence electrons. The molecule has 0 radical (unpaired) electrons. The van der Waals surface area contributed by atoms with E-state index in [1.807, 2.05) is 18.2 Å². The number of halogens is 1. The van der Waals surface area contributed by atoms with Gasteiger partial charge in [0.1, 0.15) is 11.5 Å². The van der Waals surface area contributed by atoms with E-state index in [1.165, 1.54) is 0 Å². The van der Waals surface area contributed by atoms with E-state index < -0.39 is 0 Å². The summed E-state index contributed by atoms with van der Waals surface area (Å²) in [6, 6.07) is 5.70. The molecule has 0 bridgehead atoms. The molecule has 1 N–H and O–H groups in total. The number of methoxy groups -OCH3 is 1. The van der Waals surface area contributed by atoms with Crippen molar-refractivity contribution in [2.75, 3.05) is 26.8 Å². The lowest BCUT2D eigenvalue weighted by molar-refractivity contribution is -0.121. The van der Waals surface area contributed by atoms with E-state index in [9.17, 15) is 4.79 Å². The Hall–Kier alpha value is -0.910. The van der Waals surface area contributed by atoms with Gasteiger partial charge in [0.15, 0.2) is 0 Å². The van der Waals surface area contributed by atoms with Gasteiger partial charge >= 0.3 is 0 Å². The fourth-order valence-electron chi connectivity index (χ4n) is 2.17. The summed E-state index contributed by atoms with van der Waals surface area (Å²) in [5.74, 6) is 0.921. The Balaban J connectivity index is 1.95. The van der Waals surface area contributed by atoms with Crippen LogP contribution >= 0.6 is 15.9 Å². The van der Waals surface area contributed by atoms with Gasteiger partial charge in [0.2, 0.25) is 0 Å². The predicted molar refractivity (Wildman–Crippen MR) is 76.6 cm³/mol. The van der Waals surface area contributed by atoms with Gasteiger partial charge in [-0.1, -0.05) is 15.9 Å². The number of hydrogen-bond acceptors (Lipinski definition) is 4. The Labute approximate surface area is 121 Å². The molecule has 0 aliphatic carbocycles. The number of carbonyl (C=O) groups is 1. The number of carbonyl (C=O) groups excluding carboxylic acids is 1. The molecule has 1 unspecified atom stereocenters. The van der Waals surface area contributed by atoms with Gasteiger partial charge in [0.05, 0.1) is 19.8 Å². The molecule has 1 aromatic rings. The second kappa shape index (κ2) is 7.03. The second-order valence-electron chi connectivity index (χ2n) is 4.57. The average Bonchev–Trinajstić information content (AvgIpc) is 2.40. The number of benzene rings is 1. The number of morpholine rings is 1. The smallest absolute Gasteiger partial charge is 0.140 e. The molecule has 1 aliphatic rings. The maximum atomic E-state index is 12.1. The number of ether oxygens (including phenoxy) is 2. The SMILES string of the molecule is COc1ccc(Br)cc1CC(=O)CC1CNCCO1. The number of hydrogen-bond donors (Lipinski definition) is 1. The first-order chi connectivity index (χ1) is 9.19. The van der Waals surface area contributed by atoms with Crippen LogP contribution in [-0.2, 0) is 16.0 Å². The maximum Gasteiger partial charge on any atom is 0.140 e. The summed E-state index contributed by atoms with van der Waals surface area (Å²) in [6.45, 7) is 2.30. The third-order valence-corrected chi connectivity index (χ3v) is 3.58. The second-order valence-corrected chi connectivity index (χ2v) is 5.49. The molecular formula is C14H18BrNO3. The standard InChI is InChI=1S/C14H18BrNO3/c1-18-14-3-2-11(15)6-10(14)7-12(17)8-13-9-16-4-5-19-13/h2-3,6,13,16H,4-5,7-9H2,1H3. The minimum atomic E-state index is -0.000558. The van der Waals surface area contributed by atoms with Crippen LogP contribution in [0.4, 0.5) is 0 Å². The van der Waals surface area contributed by atoms with Crippen molar-refractivity contribution in [1.82, 2.24) is 5.32 Å². The van der Waals surface area contributed by atoms with Crippen LogP contribution in [0.25, 0.3) is 0 Å². The summed E-state index contributed by atoms with van der Waals surface area (Å²) in [4.78, 5) is 12.1. The molecule has 19 heavy (non-hydrogen) atoms. The van der Waals surface area contributed by atoms with Gasteiger partial charge in [-0.25, -0.2) is 0 Å². The number of Topliss-reactive ketones (excluding diaryl/α,β-unsaturated/α-hetero) is 1. The van der Waals surface area contributed by atoms with Crippen molar-refractivity contribution in [3.63, 3.8) is 0 Å². The van der Waals surface area contributed by atoms with Crippen LogP contribution < -0.4 is 10.1 Å². The summed E-state index contributed by atoms with van der Waals surface area (Å²) in [5.41, 5.74) is 0.908. The molecule has 1 heterocycles. The van der Waals surface area contributed by atoms with Crippen LogP contribution in [-0.4, -0.2) is 38.7 Å². The van der Waals surface area contributed by atoms with E-state index in [2.05, 4.69) is 21.2 Å². The van der Waals surface area contributed by atoms with Crippen LogP contribution in [0.2, 0.25) is 0 Å². The lowest BCUT2D eigenvalue weighted by atomic mass is 10.0. The average molecular weight is 328 g/mol. The fourth-order valence-corrected chi connectivity index (χ4v) is 2.58. The topological polar surface area (TPSA) is 47.6 Å². The maximum absolute atomic E-state index is 12.1. The van der Waals surface area contributed by atoms with Gasteiger partial charge in [0.25, 0.3) is 0 Å². The summed E-state index contributed by atoms with van der Waals surface area (Å²) in [5, 5.41) is 3.23. The fraction of sp³-hybridized carbons (Fsp3) is 0.500. The van der Waals surface area contributed by atoms with Gasteiger partial charge in [0, 0.05) is 36.0 Å². The predicted octanol–water partition coefficient (Wildman–Crippen LogP) is 1.95. The van der Waals surface area contributed by atoms with E-state index in [4.69, 9.17) is 9.47 Å². The van der Waals surface area contributed by atoms with E-state index in [0.717, 1.165) is 28.9 Å². The molecule has 0 amide bonds. The Morgan fingerprint density at radius 1 is 1.58 bits per heavy atom. The Kier molecular flexibility index (Phi) is 5.36. The van der Waals surface area contributed by atoms with Crippen molar-refractivity contribution in [2.45, 2.75) is 18.9 Å². The van der Waals surface area contributed by atoms with E-state index >= 15 is 0 Å². The van der Waals surface area contributed by atoms with Crippen LogP contribution in [0, 0.1) is 0 Å². The molecular weight excluding hydrogens is 310 g/mol. The Morgan fingerprint density at radius 2 is 2.42 bits per heavy atom. The van der Waals surface area contributed by atoms with Gasteiger partial charge in [-0.2, -0.15) is 0 Å². The van der Waals surface area contributed by atoms with Crippen LogP contribution in [0.15, 0.2) is 22.7 Å². The van der Waals surface area contributed by atoms with E-state index in [0.29, 0.717) is 19.4 Å². The third kappa shape index (κ3) is 4.30. The monoisotopic (exact) mass is 327 g/mol. The summed E-state index contributed by atoms with van der Waals surface area (Å²) in [7, 11) is 1.62. The minimum absolute atomic E-state index is 0.000558. The molecule has 1 aliphatic heterocycles. The van der Waals surface area contributed by atoms with Gasteiger partial charge < -0.3 is 14.8 Å². The molecule has 0 spiro atoms. The normalized spacial score (nSPS) is 19.2. The van der Waals surface area contributed by atoms with Crippen molar-refractivity contribution >= 4 is 21.7 Å². The zero-order valence-corrected chi connectivity index (χ0v) is 12.5. The van der Waals surface area contributed by atoms with Gasteiger partial charge in [-0.3, -0.25) is 4.79 Å². The highest BCUT2D eigenvalue weighted by molar-refractivity contribution is 9.10. The molecule has 5 heteroatoms. The molecule has 0 aromatic heterocycles. The number of ketones is 1. The third-order valence-electron chi connectivity index (χ3n) is 3.09. The molecule has 4 nitrogen and oxygen atoms in total. The molecule has 1 fully saturated rings. The first kappa shape index (κ1) is 14.5. The Morgan fingerprint density at radius 3 is 3.11 bits per heavy atom. The molecule has 1 aromatic carbocycles. The highest BCUT2D eigenvalue weighted by atomic mass is 79.9. The number of rotatable bonds is 5. The highest BCUT2D eigenvalue weighted by Crippen LogP contribution is 2.24. The zero-order chi connectivity index (χ0) is 13.7. The quantitative estimate of drug-likeness (QED) is 0.898. The Bertz CT molecular complexity index is 444. The molecule has 0 saturated carbocycles. The summed E-state index contributed by atoms with van der Waals surface area (Å²) < 4.78 is 11.8. The van der Waals surface area contributed by atoms with Crippen molar-refractivity contribution in [1.29, 1.82) is 0 Å². The summed E-state index contributed by atoms with van der Waals surface area (Å²) in [6.07, 6.45) is 0.824. The lowest BCUT2D eigenvalue weighted by Gasteiger charge is -2.23. The largest absolute Gasteiger partial charge is 0.496 e. The lowest BCUT2D eigenvalue weighted by Crippen LogP contribution is -2.39. The van der Waals surface area contributed by atoms with Crippen molar-refractivity contribution in [3.8, 4) is 5.75 Å². The first-order valence-electron chi connectivity index (χ1n) is 6.35. The van der Waals surface area contributed by atoms with Crippen LogP contribution in [0.5, 0.6) is 5.75 Å². The van der Waals surface area contributed by atoms with Gasteiger partial charge in [-0.05, 0) is 18.2 Å². The van der Waals surface area contributed by atoms with Gasteiger partial charge in [-0.15, -0.1) is 0 Å². The van der Waals surface area contributed by atoms with Crippen LogP contribution in [0.3, 0.4) is 0 Å². The van der Waals surface area contributed by atoms with Crippen molar-refractivity contribution in [2.24, 2.45) is 0 Å². The molecule has 2 rings (SSSR count). The van der Waals surface area contributed by atoms with E-state index in [-0.39, 0.29) is 11.9 Å². The zero-order valence-electron chi connectivity index (χ0n) is 10.9. The molecule has 1 saturated heterocycles. The first-order valence-corrected chi connectivity index (χ1v) is 7.15. The van der Waals surface area contributed by atoms with Crippen LogP contribution in [0.1, 0.15) is 12.0 Å². The minimum Gasteiger partial charge on any atom is -0.496 e. The molecule has 1 atom stereocenters. The van der Waals surface area contributed by atoms with Crippen molar-refractivity contribution in [3.05, 3.63) is 28.2 Å².